The van der Waals surface area contributed by atoms with Crippen LogP contribution >= 0.6 is 0 Å². The van der Waals surface area contributed by atoms with Crippen LogP contribution in [0.15, 0.2) is 42.7 Å². The first-order valence-corrected chi connectivity index (χ1v) is 7.84. The van der Waals surface area contributed by atoms with Crippen LogP contribution in [0.5, 0.6) is 0 Å². The van der Waals surface area contributed by atoms with Crippen LogP contribution in [0.2, 0.25) is 0 Å². The summed E-state index contributed by atoms with van der Waals surface area (Å²) in [6, 6.07) is 6.34. The van der Waals surface area contributed by atoms with E-state index in [1.54, 1.807) is 19.1 Å². The van der Waals surface area contributed by atoms with Gasteiger partial charge in [-0.25, -0.2) is 23.1 Å². The van der Waals surface area contributed by atoms with E-state index in [4.69, 9.17) is 0 Å². The molecule has 0 amide bonds. The van der Waals surface area contributed by atoms with E-state index in [9.17, 15) is 18.4 Å². The number of nitrogens with zero attached hydrogens (tertiary/aromatic N) is 3. The minimum atomic E-state index is -1.27. The maximum atomic E-state index is 14.0. The molecule has 26 heavy (non-hydrogen) atoms. The first-order valence-electron chi connectivity index (χ1n) is 7.84. The quantitative estimate of drug-likeness (QED) is 0.431. The zero-order valence-electron chi connectivity index (χ0n) is 13.8. The minimum absolute atomic E-state index is 0.0407. The predicted molar refractivity (Wildman–Crippen MR) is 89.7 cm³/mol. The molecule has 2 aromatic heterocycles. The molecule has 0 spiro atoms. The Hall–Kier alpha value is -3.16. The van der Waals surface area contributed by atoms with Gasteiger partial charge in [0.2, 0.25) is 0 Å². The van der Waals surface area contributed by atoms with Gasteiger partial charge < -0.3 is 10.5 Å². The van der Waals surface area contributed by atoms with Gasteiger partial charge in [0, 0.05) is 36.0 Å². The number of hydrogen-bond donors (Lipinski definition) is 1. The SMILES string of the molecule is Cc1cc(NCCc2ccc[n+]([O-])c2)nc(-c2cc(F)c(F)cc2F)n1. The van der Waals surface area contributed by atoms with Gasteiger partial charge in [-0.3, -0.25) is 0 Å². The monoisotopic (exact) mass is 360 g/mol. The Kier molecular flexibility index (Phi) is 5.01. The van der Waals surface area contributed by atoms with Gasteiger partial charge in [0.25, 0.3) is 0 Å². The van der Waals surface area contributed by atoms with Gasteiger partial charge in [0.15, 0.2) is 29.9 Å². The summed E-state index contributed by atoms with van der Waals surface area (Å²) < 4.78 is 41.2. The van der Waals surface area contributed by atoms with Crippen molar-refractivity contribution in [1.29, 1.82) is 0 Å². The summed E-state index contributed by atoms with van der Waals surface area (Å²) in [5.74, 6) is -3.00. The Morgan fingerprint density at radius 3 is 2.62 bits per heavy atom. The van der Waals surface area contributed by atoms with Crippen LogP contribution in [0.1, 0.15) is 11.3 Å². The molecule has 0 saturated carbocycles. The molecule has 5 nitrogen and oxygen atoms in total. The average Bonchev–Trinajstić information content (AvgIpc) is 2.58. The fourth-order valence-corrected chi connectivity index (χ4v) is 2.46. The largest absolute Gasteiger partial charge is 0.619 e. The van der Waals surface area contributed by atoms with E-state index in [0.29, 0.717) is 35.3 Å². The number of benzene rings is 1. The molecular weight excluding hydrogens is 345 g/mol. The molecule has 0 atom stereocenters. The highest BCUT2D eigenvalue weighted by atomic mass is 19.2. The van der Waals surface area contributed by atoms with E-state index in [0.717, 1.165) is 11.6 Å². The van der Waals surface area contributed by atoms with Gasteiger partial charge in [0.05, 0.1) is 5.56 Å². The van der Waals surface area contributed by atoms with E-state index in [1.165, 1.54) is 12.4 Å². The van der Waals surface area contributed by atoms with Gasteiger partial charge in [-0.15, -0.1) is 0 Å². The molecule has 0 aliphatic carbocycles. The normalized spacial score (nSPS) is 10.8. The zero-order valence-corrected chi connectivity index (χ0v) is 13.8. The Morgan fingerprint density at radius 1 is 1.08 bits per heavy atom. The van der Waals surface area contributed by atoms with Crippen LogP contribution in [0.25, 0.3) is 11.4 Å². The third-order valence-electron chi connectivity index (χ3n) is 3.66. The average molecular weight is 360 g/mol. The second-order valence-corrected chi connectivity index (χ2v) is 5.71. The molecule has 0 unspecified atom stereocenters. The molecule has 2 heterocycles. The molecule has 0 aliphatic rings. The molecule has 3 rings (SSSR count). The molecule has 0 bridgehead atoms. The maximum absolute atomic E-state index is 14.0. The second kappa shape index (κ2) is 7.38. The van der Waals surface area contributed by atoms with Crippen molar-refractivity contribution < 1.29 is 17.9 Å². The molecule has 0 fully saturated rings. The lowest BCUT2D eigenvalue weighted by molar-refractivity contribution is -0.605. The van der Waals surface area contributed by atoms with Crippen LogP contribution in [0.4, 0.5) is 19.0 Å². The van der Waals surface area contributed by atoms with Crippen LogP contribution in [0.3, 0.4) is 0 Å². The van der Waals surface area contributed by atoms with Crippen LogP contribution in [0, 0.1) is 29.6 Å². The van der Waals surface area contributed by atoms with Crippen molar-refractivity contribution >= 4 is 5.82 Å². The van der Waals surface area contributed by atoms with Gasteiger partial charge in [-0.2, -0.15) is 4.73 Å². The fraction of sp³-hybridized carbons (Fsp3) is 0.167. The molecule has 8 heteroatoms. The van der Waals surface area contributed by atoms with Crippen LogP contribution in [-0.4, -0.2) is 16.5 Å². The molecule has 0 radical (unpaired) electrons. The molecule has 1 aromatic carbocycles. The summed E-state index contributed by atoms with van der Waals surface area (Å²) in [6.07, 6.45) is 3.43. The number of halogens is 3. The van der Waals surface area contributed by atoms with Crippen molar-refractivity contribution in [2.75, 3.05) is 11.9 Å². The minimum Gasteiger partial charge on any atom is -0.619 e. The van der Waals surface area contributed by atoms with Crippen molar-refractivity contribution in [2.24, 2.45) is 0 Å². The number of hydrogen-bond acceptors (Lipinski definition) is 4. The summed E-state index contributed by atoms with van der Waals surface area (Å²) in [7, 11) is 0. The molecule has 1 N–H and O–H groups in total. The van der Waals surface area contributed by atoms with Crippen LogP contribution < -0.4 is 10.0 Å². The Morgan fingerprint density at radius 2 is 1.85 bits per heavy atom. The molecule has 0 saturated heterocycles. The highest BCUT2D eigenvalue weighted by Crippen LogP contribution is 2.23. The van der Waals surface area contributed by atoms with E-state index < -0.39 is 17.5 Å². The lowest BCUT2D eigenvalue weighted by Gasteiger charge is -2.09. The Bertz CT molecular complexity index is 950. The van der Waals surface area contributed by atoms with Gasteiger partial charge in [-0.05, 0) is 25.5 Å². The summed E-state index contributed by atoms with van der Waals surface area (Å²) in [6.45, 7) is 2.16. The number of nitrogens with one attached hydrogen (secondary N) is 1. The number of anilines is 1. The summed E-state index contributed by atoms with van der Waals surface area (Å²) in [5, 5.41) is 14.3. The first-order chi connectivity index (χ1) is 12.4. The number of rotatable bonds is 5. The standard InChI is InChI=1S/C18H15F3N4O/c1-11-7-17(22-5-4-12-3-2-6-25(26)10-12)24-18(23-11)13-8-15(20)16(21)9-14(13)19/h2-3,6-10H,4-5H2,1H3,(H,22,23,24). The van der Waals surface area contributed by atoms with E-state index in [1.807, 2.05) is 6.07 Å². The van der Waals surface area contributed by atoms with Crippen molar-refractivity contribution in [3.63, 3.8) is 0 Å². The summed E-state index contributed by atoms with van der Waals surface area (Å²) in [5.41, 5.74) is 1.16. The fourth-order valence-electron chi connectivity index (χ4n) is 2.46. The lowest BCUT2D eigenvalue weighted by atomic mass is 10.2. The highest BCUT2D eigenvalue weighted by Gasteiger charge is 2.15. The summed E-state index contributed by atoms with van der Waals surface area (Å²) in [4.78, 5) is 8.25. The van der Waals surface area contributed by atoms with E-state index in [2.05, 4.69) is 15.3 Å². The number of aromatic nitrogens is 3. The van der Waals surface area contributed by atoms with Gasteiger partial charge in [-0.1, -0.05) is 0 Å². The Labute approximate surface area is 147 Å². The third kappa shape index (κ3) is 4.08. The molecule has 0 aliphatic heterocycles. The highest BCUT2D eigenvalue weighted by molar-refractivity contribution is 5.58. The molecule has 134 valence electrons. The number of aryl methyl sites for hydroxylation is 1. The smallest absolute Gasteiger partial charge is 0.183 e. The molecular formula is C18H15F3N4O. The van der Waals surface area contributed by atoms with Crippen molar-refractivity contribution in [2.45, 2.75) is 13.3 Å². The second-order valence-electron chi connectivity index (χ2n) is 5.71. The zero-order chi connectivity index (χ0) is 18.7. The van der Waals surface area contributed by atoms with E-state index >= 15 is 0 Å². The van der Waals surface area contributed by atoms with Gasteiger partial charge in [0.1, 0.15) is 11.6 Å². The third-order valence-corrected chi connectivity index (χ3v) is 3.66. The van der Waals surface area contributed by atoms with E-state index in [-0.39, 0.29) is 11.4 Å². The topological polar surface area (TPSA) is 64.8 Å². The van der Waals surface area contributed by atoms with Gasteiger partial charge >= 0.3 is 0 Å². The van der Waals surface area contributed by atoms with Crippen molar-refractivity contribution in [3.05, 3.63) is 76.6 Å². The molecule has 3 aromatic rings. The lowest BCUT2D eigenvalue weighted by Crippen LogP contribution is -2.25. The number of pyridine rings is 1. The Balaban J connectivity index is 1.79. The van der Waals surface area contributed by atoms with Crippen molar-refractivity contribution in [1.82, 2.24) is 9.97 Å². The maximum Gasteiger partial charge on any atom is 0.183 e. The van der Waals surface area contributed by atoms with Crippen LogP contribution in [-0.2, 0) is 6.42 Å². The summed E-state index contributed by atoms with van der Waals surface area (Å²) >= 11 is 0. The van der Waals surface area contributed by atoms with Crippen molar-refractivity contribution in [3.8, 4) is 11.4 Å². The predicted octanol–water partition coefficient (Wildman–Crippen LogP) is 3.16. The first kappa shape index (κ1) is 17.7.